The van der Waals surface area contributed by atoms with E-state index in [9.17, 15) is 19.2 Å². The van der Waals surface area contributed by atoms with E-state index in [4.69, 9.17) is 0 Å². The third-order valence-electron chi connectivity index (χ3n) is 7.69. The summed E-state index contributed by atoms with van der Waals surface area (Å²) in [6, 6.07) is 16.6. The molecule has 0 fully saturated rings. The van der Waals surface area contributed by atoms with Gasteiger partial charge >= 0.3 is 5.69 Å². The lowest BCUT2D eigenvalue weighted by molar-refractivity contribution is 0.0988. The van der Waals surface area contributed by atoms with Gasteiger partial charge in [-0.25, -0.2) is 19.0 Å². The summed E-state index contributed by atoms with van der Waals surface area (Å²) < 4.78 is 4.34. The van der Waals surface area contributed by atoms with Gasteiger partial charge < -0.3 is 15.5 Å². The maximum Gasteiger partial charge on any atom is 0.350 e. The fraction of sp³-hybridized carbons (Fsp3) is 0.219. The fourth-order valence-electron chi connectivity index (χ4n) is 5.70. The summed E-state index contributed by atoms with van der Waals surface area (Å²) in [7, 11) is 3.34. The summed E-state index contributed by atoms with van der Waals surface area (Å²) in [5, 5.41) is 13.9. The van der Waals surface area contributed by atoms with Crippen molar-refractivity contribution in [3.8, 4) is 5.69 Å². The Hall–Kier alpha value is -5.85. The van der Waals surface area contributed by atoms with Gasteiger partial charge in [-0.05, 0) is 68.8 Å². The number of hydrogen-bond acceptors (Lipinski definition) is 7. The Bertz CT molecular complexity index is 2040. The average Bonchev–Trinajstić information content (AvgIpc) is 3.64. The van der Waals surface area contributed by atoms with Crippen LogP contribution in [-0.4, -0.2) is 46.8 Å². The van der Waals surface area contributed by atoms with E-state index in [2.05, 4.69) is 25.8 Å². The fourth-order valence-corrected chi connectivity index (χ4v) is 5.70. The summed E-state index contributed by atoms with van der Waals surface area (Å²) in [6.45, 7) is 5.43. The zero-order valence-electron chi connectivity index (χ0n) is 25.4. The molecule has 4 heterocycles. The van der Waals surface area contributed by atoms with Gasteiger partial charge in [-0.3, -0.25) is 19.1 Å². The lowest BCUT2D eigenvalue weighted by Crippen LogP contribution is -2.28. The highest BCUT2D eigenvalue weighted by molar-refractivity contribution is 6.15. The van der Waals surface area contributed by atoms with Crippen molar-refractivity contribution < 1.29 is 14.4 Å². The minimum atomic E-state index is -0.493. The first-order valence-corrected chi connectivity index (χ1v) is 14.4. The number of fused-ring (bicyclic) bond motifs is 1. The summed E-state index contributed by atoms with van der Waals surface area (Å²) in [4.78, 5) is 59.1. The van der Waals surface area contributed by atoms with Crippen LogP contribution in [0.3, 0.4) is 0 Å². The molecule has 1 unspecified atom stereocenters. The molecule has 3 amide bonds. The highest BCUT2D eigenvalue weighted by atomic mass is 16.2. The van der Waals surface area contributed by atoms with Gasteiger partial charge in [0.15, 0.2) is 5.82 Å². The van der Waals surface area contributed by atoms with E-state index in [0.717, 1.165) is 0 Å². The molecular formula is C32H31N9O4. The first-order valence-electron chi connectivity index (χ1n) is 14.4. The van der Waals surface area contributed by atoms with Crippen molar-refractivity contribution in [3.63, 3.8) is 0 Å². The van der Waals surface area contributed by atoms with Crippen molar-refractivity contribution in [1.29, 1.82) is 0 Å². The zero-order valence-corrected chi connectivity index (χ0v) is 25.4. The van der Waals surface area contributed by atoms with Gasteiger partial charge in [-0.2, -0.15) is 10.2 Å². The predicted octanol–water partition coefficient (Wildman–Crippen LogP) is 3.93. The van der Waals surface area contributed by atoms with E-state index in [1.807, 2.05) is 6.92 Å². The number of anilines is 3. The summed E-state index contributed by atoms with van der Waals surface area (Å²) in [5.74, 6) is -0.157. The van der Waals surface area contributed by atoms with E-state index < -0.39 is 11.9 Å². The number of nitrogens with one attached hydrogen (secondary N) is 2. The van der Waals surface area contributed by atoms with Gasteiger partial charge in [0.2, 0.25) is 0 Å². The number of amides is 3. The second-order valence-corrected chi connectivity index (χ2v) is 10.8. The average molecular weight is 606 g/mol. The minimum Gasteiger partial charge on any atom is -0.321 e. The first kappa shape index (κ1) is 29.2. The number of nitrogens with zero attached hydrogens (tertiary/aromatic N) is 7. The maximum absolute atomic E-state index is 13.8. The molecule has 0 saturated heterocycles. The lowest BCUT2D eigenvalue weighted by atomic mass is 9.99. The van der Waals surface area contributed by atoms with Crippen molar-refractivity contribution >= 4 is 34.9 Å². The molecule has 0 radical (unpaired) electrons. The molecule has 6 rings (SSSR count). The number of aryl methyl sites for hydroxylation is 4. The van der Waals surface area contributed by atoms with Crippen molar-refractivity contribution in [3.05, 3.63) is 111 Å². The number of rotatable bonds is 7. The summed E-state index contributed by atoms with van der Waals surface area (Å²) in [5.41, 5.74) is 3.33. The number of pyridine rings is 1. The summed E-state index contributed by atoms with van der Waals surface area (Å²) >= 11 is 0. The molecule has 0 saturated carbocycles. The standard InChI is InChI=1S/C32H31N9O4/c1-6-25-27-24(31(44)41(25)23-12-10-22(11-13-23)40-19(3)36-39(5)32(40)45)16-18(2)33-28(27)30(43)34-21-9-7-8-20(17-21)29(42)35-26-14-15-38(4)37-26/h7-17,25H,6H2,1-5H3,(H,34,43)(H,35,37,42). The molecule has 0 spiro atoms. The Morgan fingerprint density at radius 2 is 1.62 bits per heavy atom. The van der Waals surface area contributed by atoms with Gasteiger partial charge in [0.05, 0.1) is 11.7 Å². The van der Waals surface area contributed by atoms with Crippen LogP contribution in [0.4, 0.5) is 17.2 Å². The molecule has 2 N–H and O–H groups in total. The molecule has 1 aliphatic rings. The van der Waals surface area contributed by atoms with Gasteiger partial charge in [0.25, 0.3) is 17.7 Å². The molecule has 228 valence electrons. The highest BCUT2D eigenvalue weighted by Gasteiger charge is 2.40. The second kappa shape index (κ2) is 11.3. The Morgan fingerprint density at radius 3 is 2.27 bits per heavy atom. The minimum absolute atomic E-state index is 0.144. The smallest absolute Gasteiger partial charge is 0.321 e. The molecule has 5 aromatic rings. The Morgan fingerprint density at radius 1 is 0.889 bits per heavy atom. The number of carbonyl (C=O) groups excluding carboxylic acids is 3. The van der Waals surface area contributed by atoms with Crippen LogP contribution < -0.4 is 21.2 Å². The Labute approximate surface area is 258 Å². The van der Waals surface area contributed by atoms with Crippen molar-refractivity contribution in [2.24, 2.45) is 14.1 Å². The normalized spacial score (nSPS) is 14.0. The summed E-state index contributed by atoms with van der Waals surface area (Å²) in [6.07, 6.45) is 2.24. The Balaban J connectivity index is 1.28. The van der Waals surface area contributed by atoms with Gasteiger partial charge in [0, 0.05) is 60.1 Å². The largest absolute Gasteiger partial charge is 0.350 e. The monoisotopic (exact) mass is 605 g/mol. The molecule has 3 aromatic heterocycles. The SMILES string of the molecule is CCC1c2c(cc(C)nc2C(=O)Nc2cccc(C(=O)Nc3ccn(C)n3)c2)C(=O)N1c1ccc(-n2c(C)nn(C)c2=O)cc1. The van der Waals surface area contributed by atoms with Gasteiger partial charge in [-0.1, -0.05) is 13.0 Å². The molecule has 45 heavy (non-hydrogen) atoms. The van der Waals surface area contributed by atoms with E-state index in [1.54, 1.807) is 104 Å². The molecule has 13 nitrogen and oxygen atoms in total. The molecule has 2 aromatic carbocycles. The third kappa shape index (κ3) is 5.28. The predicted molar refractivity (Wildman–Crippen MR) is 168 cm³/mol. The molecule has 1 aliphatic heterocycles. The van der Waals surface area contributed by atoms with Crippen molar-refractivity contribution in [1.82, 2.24) is 29.1 Å². The van der Waals surface area contributed by atoms with Crippen LogP contribution in [0.1, 0.15) is 67.7 Å². The molecule has 0 aliphatic carbocycles. The highest BCUT2D eigenvalue weighted by Crippen LogP contribution is 2.41. The second-order valence-electron chi connectivity index (χ2n) is 10.8. The van der Waals surface area contributed by atoms with E-state index >= 15 is 0 Å². The molecule has 13 heteroatoms. The third-order valence-corrected chi connectivity index (χ3v) is 7.69. The van der Waals surface area contributed by atoms with Crippen LogP contribution in [0.15, 0.2) is 71.7 Å². The van der Waals surface area contributed by atoms with Crippen LogP contribution in [0.2, 0.25) is 0 Å². The van der Waals surface area contributed by atoms with Crippen LogP contribution in [-0.2, 0) is 14.1 Å². The number of aromatic nitrogens is 6. The van der Waals surface area contributed by atoms with E-state index in [0.29, 0.717) is 57.5 Å². The Kier molecular flexibility index (Phi) is 7.36. The van der Waals surface area contributed by atoms with Gasteiger partial charge in [-0.15, -0.1) is 0 Å². The van der Waals surface area contributed by atoms with Crippen LogP contribution in [0.25, 0.3) is 5.69 Å². The molecular weight excluding hydrogens is 574 g/mol. The quantitative estimate of drug-likeness (QED) is 0.286. The first-order chi connectivity index (χ1) is 21.5. The van der Waals surface area contributed by atoms with Crippen LogP contribution >= 0.6 is 0 Å². The topological polar surface area (TPSA) is 149 Å². The zero-order chi connectivity index (χ0) is 32.0. The number of benzene rings is 2. The van der Waals surface area contributed by atoms with Crippen molar-refractivity contribution in [2.45, 2.75) is 33.2 Å². The van der Waals surface area contributed by atoms with Crippen LogP contribution in [0.5, 0.6) is 0 Å². The molecule has 1 atom stereocenters. The number of hydrogen-bond donors (Lipinski definition) is 2. The number of carbonyl (C=O) groups is 3. The van der Waals surface area contributed by atoms with E-state index in [1.165, 1.54) is 9.25 Å². The lowest BCUT2D eigenvalue weighted by Gasteiger charge is -2.25. The van der Waals surface area contributed by atoms with Crippen LogP contribution in [0, 0.1) is 13.8 Å². The molecule has 0 bridgehead atoms. The maximum atomic E-state index is 13.8. The van der Waals surface area contributed by atoms with Gasteiger partial charge in [0.1, 0.15) is 11.5 Å². The van der Waals surface area contributed by atoms with Crippen molar-refractivity contribution in [2.75, 3.05) is 15.5 Å². The van der Waals surface area contributed by atoms with E-state index in [-0.39, 0.29) is 23.2 Å².